The molecule has 12 heavy (non-hydrogen) atoms. The van der Waals surface area contributed by atoms with Crippen molar-refractivity contribution in [2.45, 2.75) is 13.1 Å². The van der Waals surface area contributed by atoms with E-state index in [1.807, 2.05) is 0 Å². The highest BCUT2D eigenvalue weighted by molar-refractivity contribution is 5.29. The van der Waals surface area contributed by atoms with Crippen molar-refractivity contribution in [1.29, 1.82) is 0 Å². The van der Waals surface area contributed by atoms with Crippen molar-refractivity contribution in [2.75, 3.05) is 7.05 Å². The molecule has 0 aromatic rings. The number of rotatable bonds is 3. The van der Waals surface area contributed by atoms with Gasteiger partial charge in [0, 0.05) is 7.05 Å². The summed E-state index contributed by atoms with van der Waals surface area (Å²) >= 11 is 0. The summed E-state index contributed by atoms with van der Waals surface area (Å²) in [7, 11) is 1.47. The lowest BCUT2D eigenvalue weighted by Crippen LogP contribution is -2.30. The molecule has 0 bridgehead atoms. The number of alkyl halides is 3. The van der Waals surface area contributed by atoms with Gasteiger partial charge < -0.3 is 5.43 Å². The Bertz CT molecular complexity index is 193. The Morgan fingerprint density at radius 1 is 1.42 bits per heavy atom. The first-order valence-electron chi connectivity index (χ1n) is 3.29. The number of allylic oxidation sites excluding steroid dienone is 2. The molecule has 0 aromatic carbocycles. The molecule has 0 unspecified atom stereocenters. The normalized spacial score (nSPS) is 12.9. The highest BCUT2D eigenvalue weighted by atomic mass is 19.4. The second-order valence-electron chi connectivity index (χ2n) is 2.05. The van der Waals surface area contributed by atoms with E-state index in [1.165, 1.54) is 14.0 Å². The van der Waals surface area contributed by atoms with Gasteiger partial charge in [0.05, 0.1) is 11.3 Å². The van der Waals surface area contributed by atoms with Gasteiger partial charge >= 0.3 is 6.18 Å². The van der Waals surface area contributed by atoms with E-state index in [-0.39, 0.29) is 5.70 Å². The van der Waals surface area contributed by atoms with E-state index in [0.29, 0.717) is 0 Å². The summed E-state index contributed by atoms with van der Waals surface area (Å²) in [6.07, 6.45) is -3.39. The zero-order valence-corrected chi connectivity index (χ0v) is 6.92. The van der Waals surface area contributed by atoms with Crippen LogP contribution in [-0.2, 0) is 0 Å². The SMILES string of the molecule is C=C(NNC)/C(=C\C)C(F)(F)F. The van der Waals surface area contributed by atoms with Gasteiger partial charge in [-0.2, -0.15) is 13.2 Å². The van der Waals surface area contributed by atoms with Gasteiger partial charge in [-0.15, -0.1) is 0 Å². The first kappa shape index (κ1) is 11.0. The van der Waals surface area contributed by atoms with Crippen molar-refractivity contribution in [3.63, 3.8) is 0 Å². The molecular weight excluding hydrogens is 169 g/mol. The van der Waals surface area contributed by atoms with Gasteiger partial charge in [-0.25, -0.2) is 5.43 Å². The average Bonchev–Trinajstić information content (AvgIpc) is 1.85. The molecule has 0 aliphatic carbocycles. The summed E-state index contributed by atoms with van der Waals surface area (Å²) in [5.41, 5.74) is 3.68. The van der Waals surface area contributed by atoms with Crippen molar-refractivity contribution in [3.8, 4) is 0 Å². The molecule has 0 aliphatic rings. The molecule has 0 aliphatic heterocycles. The molecule has 0 rings (SSSR count). The van der Waals surface area contributed by atoms with Gasteiger partial charge in [0.15, 0.2) is 0 Å². The molecule has 0 saturated heterocycles. The highest BCUT2D eigenvalue weighted by Gasteiger charge is 2.34. The predicted octanol–water partition coefficient (Wildman–Crippen LogP) is 1.73. The summed E-state index contributed by atoms with van der Waals surface area (Å²) in [5.74, 6) is 0. The second-order valence-corrected chi connectivity index (χ2v) is 2.05. The average molecular weight is 180 g/mol. The maximum absolute atomic E-state index is 12.1. The van der Waals surface area contributed by atoms with E-state index in [1.54, 1.807) is 0 Å². The summed E-state index contributed by atoms with van der Waals surface area (Å²) < 4.78 is 36.3. The van der Waals surface area contributed by atoms with Crippen molar-refractivity contribution in [1.82, 2.24) is 10.9 Å². The fourth-order valence-electron chi connectivity index (χ4n) is 0.727. The molecule has 0 aromatic heterocycles. The Hall–Kier alpha value is -0.970. The minimum atomic E-state index is -4.35. The molecule has 0 atom stereocenters. The van der Waals surface area contributed by atoms with Crippen LogP contribution in [0.4, 0.5) is 13.2 Å². The van der Waals surface area contributed by atoms with E-state index < -0.39 is 11.7 Å². The van der Waals surface area contributed by atoms with E-state index in [2.05, 4.69) is 17.4 Å². The largest absolute Gasteiger partial charge is 0.418 e. The lowest BCUT2D eigenvalue weighted by Gasteiger charge is -2.14. The summed E-state index contributed by atoms with van der Waals surface area (Å²) in [6.45, 7) is 4.53. The van der Waals surface area contributed by atoms with Gasteiger partial charge in [0.25, 0.3) is 0 Å². The number of hydrogen-bond acceptors (Lipinski definition) is 2. The van der Waals surface area contributed by atoms with Crippen LogP contribution < -0.4 is 10.9 Å². The second kappa shape index (κ2) is 4.15. The van der Waals surface area contributed by atoms with E-state index >= 15 is 0 Å². The Balaban J connectivity index is 4.49. The molecule has 2 N–H and O–H groups in total. The Kier molecular flexibility index (Phi) is 3.82. The monoisotopic (exact) mass is 180 g/mol. The smallest absolute Gasteiger partial charge is 0.322 e. The van der Waals surface area contributed by atoms with Crippen molar-refractivity contribution >= 4 is 0 Å². The number of hydrazine groups is 1. The maximum atomic E-state index is 12.1. The van der Waals surface area contributed by atoms with E-state index in [0.717, 1.165) is 6.08 Å². The van der Waals surface area contributed by atoms with Gasteiger partial charge in [-0.3, -0.25) is 0 Å². The molecule has 0 fully saturated rings. The Morgan fingerprint density at radius 3 is 2.17 bits per heavy atom. The van der Waals surface area contributed by atoms with Crippen molar-refractivity contribution < 1.29 is 13.2 Å². The summed E-state index contributed by atoms with van der Waals surface area (Å²) in [5, 5.41) is 0. The third kappa shape index (κ3) is 2.96. The fourth-order valence-corrected chi connectivity index (χ4v) is 0.727. The number of halogens is 3. The zero-order chi connectivity index (χ0) is 9.78. The standard InChI is InChI=1S/C7H11F3N2/c1-4-6(7(8,9)10)5(2)12-11-3/h4,11-12H,2H2,1,3H3/b6-4+. The molecule has 0 saturated carbocycles. The third-order valence-electron chi connectivity index (χ3n) is 1.20. The lowest BCUT2D eigenvalue weighted by molar-refractivity contribution is -0.0900. The molecule has 0 radical (unpaired) electrons. The van der Waals surface area contributed by atoms with Crippen LogP contribution >= 0.6 is 0 Å². The molecule has 5 heteroatoms. The molecular formula is C7H11F3N2. The zero-order valence-electron chi connectivity index (χ0n) is 6.92. The summed E-state index contributed by atoms with van der Waals surface area (Å²) in [4.78, 5) is 0. The van der Waals surface area contributed by atoms with E-state index in [9.17, 15) is 13.2 Å². The Labute approximate surface area is 69.1 Å². The van der Waals surface area contributed by atoms with E-state index in [4.69, 9.17) is 0 Å². The molecule has 0 spiro atoms. The van der Waals surface area contributed by atoms with Crippen LogP contribution in [0, 0.1) is 0 Å². The third-order valence-corrected chi connectivity index (χ3v) is 1.20. The Morgan fingerprint density at radius 2 is 1.92 bits per heavy atom. The fraction of sp³-hybridized carbons (Fsp3) is 0.429. The minimum Gasteiger partial charge on any atom is -0.322 e. The molecule has 0 amide bonds. The van der Waals surface area contributed by atoms with Gasteiger partial charge in [-0.05, 0) is 6.92 Å². The van der Waals surface area contributed by atoms with Crippen LogP contribution in [0.2, 0.25) is 0 Å². The van der Waals surface area contributed by atoms with Gasteiger partial charge in [-0.1, -0.05) is 12.7 Å². The summed E-state index contributed by atoms with van der Waals surface area (Å²) in [6, 6.07) is 0. The minimum absolute atomic E-state index is 0.187. The van der Waals surface area contributed by atoms with Gasteiger partial charge in [0.1, 0.15) is 0 Å². The molecule has 2 nitrogen and oxygen atoms in total. The first-order chi connectivity index (χ1) is 5.43. The van der Waals surface area contributed by atoms with Crippen LogP contribution in [0.3, 0.4) is 0 Å². The first-order valence-corrected chi connectivity index (χ1v) is 3.29. The van der Waals surface area contributed by atoms with Crippen molar-refractivity contribution in [3.05, 3.63) is 23.9 Å². The van der Waals surface area contributed by atoms with Crippen LogP contribution in [0.25, 0.3) is 0 Å². The number of nitrogens with one attached hydrogen (secondary N) is 2. The van der Waals surface area contributed by atoms with Crippen molar-refractivity contribution in [2.24, 2.45) is 0 Å². The molecule has 0 heterocycles. The topological polar surface area (TPSA) is 24.1 Å². The quantitative estimate of drug-likeness (QED) is 0.510. The van der Waals surface area contributed by atoms with Crippen LogP contribution in [0.1, 0.15) is 6.92 Å². The van der Waals surface area contributed by atoms with Gasteiger partial charge in [0.2, 0.25) is 0 Å². The number of hydrogen-bond donors (Lipinski definition) is 2. The van der Waals surface area contributed by atoms with Crippen LogP contribution in [0.15, 0.2) is 23.9 Å². The van der Waals surface area contributed by atoms with Crippen LogP contribution in [0.5, 0.6) is 0 Å². The predicted molar refractivity (Wildman–Crippen MR) is 41.1 cm³/mol. The highest BCUT2D eigenvalue weighted by Crippen LogP contribution is 2.28. The molecule has 70 valence electrons. The lowest BCUT2D eigenvalue weighted by atomic mass is 10.2. The van der Waals surface area contributed by atoms with Crippen LogP contribution in [-0.4, -0.2) is 13.2 Å². The maximum Gasteiger partial charge on any atom is 0.418 e.